The summed E-state index contributed by atoms with van der Waals surface area (Å²) in [7, 11) is 0. The Morgan fingerprint density at radius 2 is 1.74 bits per heavy atom. The summed E-state index contributed by atoms with van der Waals surface area (Å²) in [5.41, 5.74) is 6.41. The molecule has 5 rings (SSSR count). The molecule has 0 fully saturated rings. The Hall–Kier alpha value is -4.00. The number of benzene rings is 2. The standard InChI is InChI=1S/C27H28N6O/c1-17(2)21-7-5-6-8-22(21)25-28-15-23-26(31-25)32(27(34)30-23)16-19-9-11-20(12-10-19)24-13-14-29-33(24)18(3)4/h5-15,17-18H,16H2,1-4H3,(H,30,34). The second-order valence-corrected chi connectivity index (χ2v) is 9.14. The van der Waals surface area contributed by atoms with Gasteiger partial charge in [-0.25, -0.2) is 14.8 Å². The number of nitrogens with zero attached hydrogens (tertiary/aromatic N) is 5. The van der Waals surface area contributed by atoms with Gasteiger partial charge in [0.2, 0.25) is 0 Å². The van der Waals surface area contributed by atoms with Crippen molar-refractivity contribution < 1.29 is 0 Å². The number of H-pyrrole nitrogens is 1. The third-order valence-corrected chi connectivity index (χ3v) is 6.08. The molecule has 0 unspecified atom stereocenters. The zero-order valence-corrected chi connectivity index (χ0v) is 19.9. The van der Waals surface area contributed by atoms with Gasteiger partial charge in [0.1, 0.15) is 5.52 Å². The molecule has 3 heterocycles. The van der Waals surface area contributed by atoms with E-state index in [-0.39, 0.29) is 11.7 Å². The van der Waals surface area contributed by atoms with Gasteiger partial charge in [-0.1, -0.05) is 62.4 Å². The maximum Gasteiger partial charge on any atom is 0.328 e. The minimum Gasteiger partial charge on any atom is -0.303 e. The first-order valence-electron chi connectivity index (χ1n) is 11.6. The van der Waals surface area contributed by atoms with E-state index in [0.29, 0.717) is 29.5 Å². The van der Waals surface area contributed by atoms with Crippen molar-refractivity contribution in [3.05, 3.63) is 88.6 Å². The van der Waals surface area contributed by atoms with Gasteiger partial charge in [-0.05, 0) is 42.5 Å². The first-order chi connectivity index (χ1) is 16.4. The Morgan fingerprint density at radius 3 is 2.47 bits per heavy atom. The Kier molecular flexibility index (Phi) is 5.61. The molecule has 0 bridgehead atoms. The molecule has 0 aliphatic carbocycles. The van der Waals surface area contributed by atoms with E-state index in [1.54, 1.807) is 10.8 Å². The molecule has 7 nitrogen and oxygen atoms in total. The van der Waals surface area contributed by atoms with Crippen LogP contribution in [0.5, 0.6) is 0 Å². The van der Waals surface area contributed by atoms with Crippen molar-refractivity contribution >= 4 is 11.2 Å². The molecule has 3 aromatic heterocycles. The zero-order chi connectivity index (χ0) is 23.8. The molecule has 0 atom stereocenters. The minimum atomic E-state index is -0.194. The Labute approximate surface area is 198 Å². The first kappa shape index (κ1) is 21.8. The van der Waals surface area contributed by atoms with Crippen LogP contribution in [-0.2, 0) is 6.54 Å². The topological polar surface area (TPSA) is 81.4 Å². The van der Waals surface area contributed by atoms with Crippen LogP contribution in [0.1, 0.15) is 50.8 Å². The summed E-state index contributed by atoms with van der Waals surface area (Å²) in [4.78, 5) is 25.0. The molecule has 7 heteroatoms. The van der Waals surface area contributed by atoms with Gasteiger partial charge in [0, 0.05) is 17.8 Å². The van der Waals surface area contributed by atoms with Gasteiger partial charge < -0.3 is 4.98 Å². The number of rotatable bonds is 6. The second kappa shape index (κ2) is 8.74. The summed E-state index contributed by atoms with van der Waals surface area (Å²) in [5.74, 6) is 0.969. The summed E-state index contributed by atoms with van der Waals surface area (Å²) in [6.07, 6.45) is 3.52. The Morgan fingerprint density at radius 1 is 0.971 bits per heavy atom. The summed E-state index contributed by atoms with van der Waals surface area (Å²) in [6.45, 7) is 8.96. The average molecular weight is 453 g/mol. The van der Waals surface area contributed by atoms with Gasteiger partial charge in [0.15, 0.2) is 11.5 Å². The molecule has 0 saturated heterocycles. The lowest BCUT2D eigenvalue weighted by molar-refractivity contribution is 0.538. The molecule has 5 aromatic rings. The van der Waals surface area contributed by atoms with Gasteiger partial charge in [-0.2, -0.15) is 5.10 Å². The molecule has 0 aliphatic heterocycles. The average Bonchev–Trinajstić information content (AvgIpc) is 3.44. The fraction of sp³-hybridized carbons (Fsp3) is 0.259. The zero-order valence-electron chi connectivity index (χ0n) is 19.9. The van der Waals surface area contributed by atoms with Gasteiger partial charge in [-0.3, -0.25) is 9.25 Å². The Balaban J connectivity index is 1.50. The number of aromatic nitrogens is 6. The van der Waals surface area contributed by atoms with Crippen LogP contribution in [0.2, 0.25) is 0 Å². The number of hydrogen-bond acceptors (Lipinski definition) is 4. The molecule has 0 saturated carbocycles. The van der Waals surface area contributed by atoms with Gasteiger partial charge in [0.25, 0.3) is 0 Å². The van der Waals surface area contributed by atoms with Crippen molar-refractivity contribution in [3.8, 4) is 22.6 Å². The van der Waals surface area contributed by atoms with E-state index >= 15 is 0 Å². The highest BCUT2D eigenvalue weighted by molar-refractivity contribution is 5.74. The minimum absolute atomic E-state index is 0.194. The number of aromatic amines is 1. The van der Waals surface area contributed by atoms with Crippen LogP contribution in [0.15, 0.2) is 71.8 Å². The van der Waals surface area contributed by atoms with Crippen LogP contribution in [-0.4, -0.2) is 29.3 Å². The molecule has 1 N–H and O–H groups in total. The highest BCUT2D eigenvalue weighted by Gasteiger charge is 2.15. The third kappa shape index (κ3) is 3.94. The summed E-state index contributed by atoms with van der Waals surface area (Å²) in [6, 6.07) is 18.7. The molecular weight excluding hydrogens is 424 g/mol. The number of hydrogen-bond donors (Lipinski definition) is 1. The molecule has 0 radical (unpaired) electrons. The van der Waals surface area contributed by atoms with E-state index < -0.39 is 0 Å². The fourth-order valence-corrected chi connectivity index (χ4v) is 4.34. The smallest absolute Gasteiger partial charge is 0.303 e. The van der Waals surface area contributed by atoms with Crippen molar-refractivity contribution in [2.24, 2.45) is 0 Å². The molecule has 34 heavy (non-hydrogen) atoms. The maximum atomic E-state index is 12.8. The SMILES string of the molecule is CC(C)c1ccccc1-c1ncc2[nH]c(=O)n(Cc3ccc(-c4ccnn4C(C)C)cc3)c2n1. The largest absolute Gasteiger partial charge is 0.328 e. The van der Waals surface area contributed by atoms with Crippen LogP contribution in [0, 0.1) is 0 Å². The van der Waals surface area contributed by atoms with Crippen molar-refractivity contribution in [1.82, 2.24) is 29.3 Å². The second-order valence-electron chi connectivity index (χ2n) is 9.14. The van der Waals surface area contributed by atoms with Gasteiger partial charge in [0.05, 0.1) is 18.4 Å². The molecular formula is C27H28N6O. The quantitative estimate of drug-likeness (QED) is 0.374. The molecule has 0 amide bonds. The van der Waals surface area contributed by atoms with Gasteiger partial charge in [-0.15, -0.1) is 0 Å². The molecule has 0 spiro atoms. The van der Waals surface area contributed by atoms with Crippen molar-refractivity contribution in [2.75, 3.05) is 0 Å². The monoisotopic (exact) mass is 452 g/mol. The van der Waals surface area contributed by atoms with Crippen LogP contribution >= 0.6 is 0 Å². The number of nitrogens with one attached hydrogen (secondary N) is 1. The lowest BCUT2D eigenvalue weighted by Gasteiger charge is -2.12. The van der Waals surface area contributed by atoms with E-state index in [1.807, 2.05) is 35.1 Å². The lowest BCUT2D eigenvalue weighted by atomic mass is 9.97. The van der Waals surface area contributed by atoms with E-state index in [2.05, 4.69) is 73.1 Å². The normalized spacial score (nSPS) is 11.7. The predicted octanol–water partition coefficient (Wildman–Crippen LogP) is 5.40. The predicted molar refractivity (Wildman–Crippen MR) is 135 cm³/mol. The lowest BCUT2D eigenvalue weighted by Crippen LogP contribution is -2.17. The summed E-state index contributed by atoms with van der Waals surface area (Å²) in [5, 5.41) is 4.42. The highest BCUT2D eigenvalue weighted by atomic mass is 16.1. The third-order valence-electron chi connectivity index (χ3n) is 6.08. The molecule has 2 aromatic carbocycles. The van der Waals surface area contributed by atoms with E-state index in [0.717, 1.165) is 22.4 Å². The van der Waals surface area contributed by atoms with Crippen LogP contribution in [0.4, 0.5) is 0 Å². The van der Waals surface area contributed by atoms with Crippen molar-refractivity contribution in [1.29, 1.82) is 0 Å². The summed E-state index contributed by atoms with van der Waals surface area (Å²) >= 11 is 0. The highest BCUT2D eigenvalue weighted by Crippen LogP contribution is 2.27. The molecule has 172 valence electrons. The number of fused-ring (bicyclic) bond motifs is 1. The fourth-order valence-electron chi connectivity index (χ4n) is 4.34. The Bertz CT molecular complexity index is 1500. The number of imidazole rings is 1. The van der Waals surface area contributed by atoms with E-state index in [1.165, 1.54) is 5.56 Å². The summed E-state index contributed by atoms with van der Waals surface area (Å²) < 4.78 is 3.68. The first-order valence-corrected chi connectivity index (χ1v) is 11.6. The van der Waals surface area contributed by atoms with Gasteiger partial charge >= 0.3 is 5.69 Å². The van der Waals surface area contributed by atoms with Crippen molar-refractivity contribution in [2.45, 2.75) is 46.2 Å². The van der Waals surface area contributed by atoms with Crippen molar-refractivity contribution in [3.63, 3.8) is 0 Å². The molecule has 0 aliphatic rings. The maximum absolute atomic E-state index is 12.8. The van der Waals surface area contributed by atoms with E-state index in [4.69, 9.17) is 4.98 Å². The van der Waals surface area contributed by atoms with Crippen LogP contribution in [0.25, 0.3) is 33.8 Å². The van der Waals surface area contributed by atoms with Crippen LogP contribution < -0.4 is 5.69 Å². The van der Waals surface area contributed by atoms with E-state index in [9.17, 15) is 4.79 Å². The van der Waals surface area contributed by atoms with Crippen LogP contribution in [0.3, 0.4) is 0 Å².